The normalized spacial score (nSPS) is 23.2. The lowest BCUT2D eigenvalue weighted by Gasteiger charge is -2.39. The Hall–Kier alpha value is -1.59. The fourth-order valence-corrected chi connectivity index (χ4v) is 2.12. The van der Waals surface area contributed by atoms with E-state index in [1.807, 2.05) is 37.3 Å². The van der Waals surface area contributed by atoms with E-state index in [0.717, 1.165) is 5.56 Å². The van der Waals surface area contributed by atoms with E-state index in [9.17, 15) is 9.90 Å². The highest BCUT2D eigenvalue weighted by molar-refractivity contribution is 5.68. The molecule has 1 aliphatic heterocycles. The Kier molecular flexibility index (Phi) is 4.39. The smallest absolute Gasteiger partial charge is 0.410 e. The second kappa shape index (κ2) is 6.04. The first-order chi connectivity index (χ1) is 9.13. The Bertz CT molecular complexity index is 424. The number of rotatable bonds is 3. The van der Waals surface area contributed by atoms with Gasteiger partial charge >= 0.3 is 6.09 Å². The van der Waals surface area contributed by atoms with Crippen LogP contribution in [0.25, 0.3) is 0 Å². The molecule has 2 rings (SSSR count). The van der Waals surface area contributed by atoms with Gasteiger partial charge in [0.1, 0.15) is 6.61 Å². The van der Waals surface area contributed by atoms with Gasteiger partial charge in [0, 0.05) is 19.6 Å². The topological polar surface area (TPSA) is 61.8 Å². The van der Waals surface area contributed by atoms with E-state index < -0.39 is 5.54 Å². The molecular formula is C14H20N2O3. The number of ether oxygens (including phenoxy) is 1. The van der Waals surface area contributed by atoms with E-state index in [0.29, 0.717) is 19.6 Å². The molecular weight excluding hydrogens is 244 g/mol. The van der Waals surface area contributed by atoms with Crippen molar-refractivity contribution in [3.05, 3.63) is 35.9 Å². The molecule has 1 amide bonds. The summed E-state index contributed by atoms with van der Waals surface area (Å²) in [6, 6.07) is 9.59. The number of nitrogens with one attached hydrogen (secondary N) is 1. The fraction of sp³-hybridized carbons (Fsp3) is 0.500. The average Bonchev–Trinajstić information content (AvgIpc) is 2.46. The van der Waals surface area contributed by atoms with Crippen LogP contribution < -0.4 is 5.32 Å². The first-order valence-corrected chi connectivity index (χ1v) is 6.44. The standard InChI is InChI=1S/C14H20N2O3/c1-14(11-17)10-16(8-7-15-14)13(18)19-9-12-5-3-2-4-6-12/h2-6,15,17H,7-11H2,1H3/t14-/m0/s1. The summed E-state index contributed by atoms with van der Waals surface area (Å²) >= 11 is 0. The lowest BCUT2D eigenvalue weighted by Crippen LogP contribution is -2.61. The van der Waals surface area contributed by atoms with E-state index in [4.69, 9.17) is 4.74 Å². The molecule has 1 aromatic rings. The number of nitrogens with zero attached hydrogens (tertiary/aromatic N) is 1. The molecule has 0 aromatic heterocycles. The van der Waals surface area contributed by atoms with Gasteiger partial charge in [-0.2, -0.15) is 0 Å². The molecule has 5 heteroatoms. The maximum absolute atomic E-state index is 12.0. The molecule has 1 aromatic carbocycles. The van der Waals surface area contributed by atoms with Gasteiger partial charge in [-0.3, -0.25) is 0 Å². The lowest BCUT2D eigenvalue weighted by molar-refractivity contribution is 0.0555. The molecule has 0 aliphatic carbocycles. The third kappa shape index (κ3) is 3.68. The number of benzene rings is 1. The van der Waals surface area contributed by atoms with Crippen molar-refractivity contribution in [1.29, 1.82) is 0 Å². The molecule has 1 saturated heterocycles. The highest BCUT2D eigenvalue weighted by Gasteiger charge is 2.32. The lowest BCUT2D eigenvalue weighted by atomic mass is 10.0. The number of carbonyl (C=O) groups is 1. The Morgan fingerprint density at radius 3 is 2.89 bits per heavy atom. The second-order valence-corrected chi connectivity index (χ2v) is 5.11. The van der Waals surface area contributed by atoms with Crippen LogP contribution in [0.3, 0.4) is 0 Å². The van der Waals surface area contributed by atoms with E-state index in [1.54, 1.807) is 4.90 Å². The zero-order chi connectivity index (χ0) is 13.7. The van der Waals surface area contributed by atoms with Gasteiger partial charge in [-0.05, 0) is 12.5 Å². The van der Waals surface area contributed by atoms with Crippen LogP contribution >= 0.6 is 0 Å². The van der Waals surface area contributed by atoms with Crippen LogP contribution in [-0.4, -0.2) is 47.9 Å². The summed E-state index contributed by atoms with van der Waals surface area (Å²) in [7, 11) is 0. The van der Waals surface area contributed by atoms with Crippen LogP contribution in [-0.2, 0) is 11.3 Å². The largest absolute Gasteiger partial charge is 0.445 e. The zero-order valence-corrected chi connectivity index (χ0v) is 11.1. The molecule has 0 unspecified atom stereocenters. The molecule has 2 N–H and O–H groups in total. The molecule has 0 radical (unpaired) electrons. The van der Waals surface area contributed by atoms with Crippen LogP contribution in [0, 0.1) is 0 Å². The van der Waals surface area contributed by atoms with Crippen molar-refractivity contribution in [2.45, 2.75) is 19.1 Å². The Morgan fingerprint density at radius 1 is 1.47 bits per heavy atom. The summed E-state index contributed by atoms with van der Waals surface area (Å²) < 4.78 is 5.28. The van der Waals surface area contributed by atoms with Crippen LogP contribution in [0.15, 0.2) is 30.3 Å². The number of aliphatic hydroxyl groups is 1. The first-order valence-electron chi connectivity index (χ1n) is 6.44. The summed E-state index contributed by atoms with van der Waals surface area (Å²) in [4.78, 5) is 13.6. The minimum atomic E-state index is -0.440. The van der Waals surface area contributed by atoms with Crippen LogP contribution in [0.4, 0.5) is 4.79 Å². The third-order valence-electron chi connectivity index (χ3n) is 3.29. The van der Waals surface area contributed by atoms with Crippen molar-refractivity contribution in [3.8, 4) is 0 Å². The highest BCUT2D eigenvalue weighted by Crippen LogP contribution is 2.12. The van der Waals surface area contributed by atoms with Crippen molar-refractivity contribution < 1.29 is 14.6 Å². The molecule has 1 heterocycles. The predicted molar refractivity (Wildman–Crippen MR) is 71.7 cm³/mol. The molecule has 0 spiro atoms. The number of carbonyl (C=O) groups excluding carboxylic acids is 1. The molecule has 19 heavy (non-hydrogen) atoms. The van der Waals surface area contributed by atoms with E-state index in [1.165, 1.54) is 0 Å². The van der Waals surface area contributed by atoms with E-state index in [-0.39, 0.29) is 19.3 Å². The minimum Gasteiger partial charge on any atom is -0.445 e. The summed E-state index contributed by atoms with van der Waals surface area (Å²) in [5.41, 5.74) is 0.528. The zero-order valence-electron chi connectivity index (χ0n) is 11.1. The van der Waals surface area contributed by atoms with Crippen molar-refractivity contribution in [2.24, 2.45) is 0 Å². The molecule has 5 nitrogen and oxygen atoms in total. The number of hydrogen-bond donors (Lipinski definition) is 2. The van der Waals surface area contributed by atoms with Crippen molar-refractivity contribution in [2.75, 3.05) is 26.2 Å². The van der Waals surface area contributed by atoms with Gasteiger partial charge in [-0.1, -0.05) is 30.3 Å². The van der Waals surface area contributed by atoms with Crippen LogP contribution in [0.1, 0.15) is 12.5 Å². The van der Waals surface area contributed by atoms with E-state index in [2.05, 4.69) is 5.32 Å². The van der Waals surface area contributed by atoms with Gasteiger partial charge in [0.2, 0.25) is 0 Å². The van der Waals surface area contributed by atoms with Gasteiger partial charge in [0.25, 0.3) is 0 Å². The Labute approximate surface area is 113 Å². The second-order valence-electron chi connectivity index (χ2n) is 5.11. The van der Waals surface area contributed by atoms with Crippen molar-refractivity contribution in [1.82, 2.24) is 10.2 Å². The molecule has 0 saturated carbocycles. The van der Waals surface area contributed by atoms with Gasteiger partial charge in [0.05, 0.1) is 12.1 Å². The van der Waals surface area contributed by atoms with E-state index >= 15 is 0 Å². The number of hydrogen-bond acceptors (Lipinski definition) is 4. The predicted octanol–water partition coefficient (Wildman–Crippen LogP) is 0.979. The van der Waals surface area contributed by atoms with Crippen LogP contribution in [0.5, 0.6) is 0 Å². The molecule has 1 fully saturated rings. The summed E-state index contributed by atoms with van der Waals surface area (Å²) in [6.45, 7) is 3.89. The van der Waals surface area contributed by atoms with Gasteiger partial charge < -0.3 is 20.1 Å². The molecule has 1 aliphatic rings. The Morgan fingerprint density at radius 2 is 2.21 bits per heavy atom. The Balaban J connectivity index is 1.86. The van der Waals surface area contributed by atoms with Crippen molar-refractivity contribution >= 4 is 6.09 Å². The summed E-state index contributed by atoms with van der Waals surface area (Å²) in [5.74, 6) is 0. The number of amides is 1. The van der Waals surface area contributed by atoms with Crippen molar-refractivity contribution in [3.63, 3.8) is 0 Å². The SMILES string of the molecule is C[C@@]1(CO)CN(C(=O)OCc2ccccc2)CCN1. The number of piperazine rings is 1. The van der Waals surface area contributed by atoms with Crippen LogP contribution in [0.2, 0.25) is 0 Å². The quantitative estimate of drug-likeness (QED) is 0.854. The maximum Gasteiger partial charge on any atom is 0.410 e. The minimum absolute atomic E-state index is 0.00450. The molecule has 104 valence electrons. The van der Waals surface area contributed by atoms with Gasteiger partial charge in [-0.25, -0.2) is 4.79 Å². The van der Waals surface area contributed by atoms with Gasteiger partial charge in [0.15, 0.2) is 0 Å². The first kappa shape index (κ1) is 13.8. The highest BCUT2D eigenvalue weighted by atomic mass is 16.6. The fourth-order valence-electron chi connectivity index (χ4n) is 2.12. The summed E-state index contributed by atoms with van der Waals surface area (Å²) in [6.07, 6.45) is -0.329. The van der Waals surface area contributed by atoms with Gasteiger partial charge in [-0.15, -0.1) is 0 Å². The average molecular weight is 264 g/mol. The summed E-state index contributed by atoms with van der Waals surface area (Å²) in [5, 5.41) is 12.5. The number of aliphatic hydroxyl groups excluding tert-OH is 1. The third-order valence-corrected chi connectivity index (χ3v) is 3.29. The molecule has 1 atom stereocenters. The monoisotopic (exact) mass is 264 g/mol. The maximum atomic E-state index is 12.0. The molecule has 0 bridgehead atoms.